The van der Waals surface area contributed by atoms with E-state index in [1.54, 1.807) is 13.1 Å². The van der Waals surface area contributed by atoms with E-state index in [0.29, 0.717) is 25.0 Å². The van der Waals surface area contributed by atoms with Crippen molar-refractivity contribution < 1.29 is 4.79 Å². The number of anilines is 2. The van der Waals surface area contributed by atoms with E-state index in [-0.39, 0.29) is 5.91 Å². The maximum atomic E-state index is 12.2. The molecule has 0 bridgehead atoms. The molecule has 1 heterocycles. The second kappa shape index (κ2) is 7.38. The summed E-state index contributed by atoms with van der Waals surface area (Å²) in [5.74, 6) is -0.101. The van der Waals surface area contributed by atoms with Crippen LogP contribution in [0.3, 0.4) is 0 Å². The predicted molar refractivity (Wildman–Crippen MR) is 112 cm³/mol. The second-order valence-corrected chi connectivity index (χ2v) is 7.97. The summed E-state index contributed by atoms with van der Waals surface area (Å²) < 4.78 is 0.548. The zero-order chi connectivity index (χ0) is 18.1. The van der Waals surface area contributed by atoms with Gasteiger partial charge in [0.25, 0.3) is 5.91 Å². The Bertz CT molecular complexity index is 912. The SMILES string of the molecule is Cc1ccc(Cl)c(Nc2ccccc2/C=C2\SC(=S)N(C)C2=O)c1Cl. The van der Waals surface area contributed by atoms with Crippen LogP contribution in [0, 0.1) is 6.92 Å². The number of thioether (sulfide) groups is 1. The highest BCUT2D eigenvalue weighted by Crippen LogP contribution is 2.37. The first-order valence-corrected chi connectivity index (χ1v) is 9.38. The van der Waals surface area contributed by atoms with Crippen molar-refractivity contribution in [1.82, 2.24) is 4.90 Å². The van der Waals surface area contributed by atoms with E-state index in [9.17, 15) is 4.79 Å². The molecule has 1 amide bonds. The van der Waals surface area contributed by atoms with Gasteiger partial charge in [0.2, 0.25) is 0 Å². The standard InChI is InChI=1S/C18H14Cl2N2OS2/c1-10-7-8-12(19)16(15(10)20)21-13-6-4-3-5-11(13)9-14-17(23)22(2)18(24)25-14/h3-9,21H,1-2H3/b14-9-. The van der Waals surface area contributed by atoms with Crippen LogP contribution in [-0.2, 0) is 4.79 Å². The molecule has 1 fully saturated rings. The molecule has 0 radical (unpaired) electrons. The number of hydrogen-bond donors (Lipinski definition) is 1. The average molecular weight is 409 g/mol. The van der Waals surface area contributed by atoms with Crippen molar-refractivity contribution >= 4 is 74.9 Å². The summed E-state index contributed by atoms with van der Waals surface area (Å²) in [4.78, 5) is 14.3. The van der Waals surface area contributed by atoms with Gasteiger partial charge in [0.15, 0.2) is 0 Å². The Morgan fingerprint density at radius 1 is 1.20 bits per heavy atom. The van der Waals surface area contributed by atoms with Crippen LogP contribution in [0.4, 0.5) is 11.4 Å². The minimum atomic E-state index is -0.101. The molecule has 2 aromatic carbocycles. The lowest BCUT2D eigenvalue weighted by atomic mass is 10.1. The number of aryl methyl sites for hydroxylation is 1. The van der Waals surface area contributed by atoms with Gasteiger partial charge in [-0.2, -0.15) is 0 Å². The number of nitrogens with zero attached hydrogens (tertiary/aromatic N) is 1. The lowest BCUT2D eigenvalue weighted by Gasteiger charge is -2.14. The van der Waals surface area contributed by atoms with E-state index in [0.717, 1.165) is 16.8 Å². The Labute approximate surface area is 166 Å². The number of thiocarbonyl (C=S) groups is 1. The first-order valence-electron chi connectivity index (χ1n) is 7.40. The van der Waals surface area contributed by atoms with Crippen LogP contribution in [0.5, 0.6) is 0 Å². The van der Waals surface area contributed by atoms with Crippen LogP contribution >= 0.6 is 47.2 Å². The van der Waals surface area contributed by atoms with E-state index < -0.39 is 0 Å². The number of likely N-dealkylation sites (N-methyl/N-ethyl adjacent to an activating group) is 1. The molecule has 7 heteroatoms. The number of halogens is 2. The van der Waals surface area contributed by atoms with Gasteiger partial charge in [-0.1, -0.05) is 71.4 Å². The van der Waals surface area contributed by atoms with Gasteiger partial charge in [-0.05, 0) is 36.3 Å². The Kier molecular flexibility index (Phi) is 5.39. The maximum absolute atomic E-state index is 12.2. The van der Waals surface area contributed by atoms with E-state index in [1.807, 2.05) is 43.3 Å². The van der Waals surface area contributed by atoms with E-state index in [4.69, 9.17) is 35.4 Å². The molecule has 3 rings (SSSR count). The number of carbonyl (C=O) groups excluding carboxylic acids is 1. The van der Waals surface area contributed by atoms with Gasteiger partial charge in [-0.25, -0.2) is 0 Å². The monoisotopic (exact) mass is 408 g/mol. The molecule has 1 aliphatic heterocycles. The smallest absolute Gasteiger partial charge is 0.265 e. The highest BCUT2D eigenvalue weighted by Gasteiger charge is 2.28. The average Bonchev–Trinajstić information content (AvgIpc) is 2.83. The molecule has 0 unspecified atom stereocenters. The van der Waals surface area contributed by atoms with E-state index in [1.165, 1.54) is 16.7 Å². The molecule has 3 nitrogen and oxygen atoms in total. The summed E-state index contributed by atoms with van der Waals surface area (Å²) in [5, 5.41) is 4.39. The summed E-state index contributed by atoms with van der Waals surface area (Å²) in [6.45, 7) is 1.92. The number of rotatable bonds is 3. The quantitative estimate of drug-likeness (QED) is 0.507. The molecule has 0 aromatic heterocycles. The molecule has 0 atom stereocenters. The number of nitrogens with one attached hydrogen (secondary N) is 1. The molecule has 1 aliphatic rings. The molecular formula is C18H14Cl2N2OS2. The van der Waals surface area contributed by atoms with Crippen LogP contribution in [0.1, 0.15) is 11.1 Å². The van der Waals surface area contributed by atoms with Crippen molar-refractivity contribution in [2.24, 2.45) is 0 Å². The highest BCUT2D eigenvalue weighted by molar-refractivity contribution is 8.26. The molecule has 128 valence electrons. The minimum absolute atomic E-state index is 0.101. The van der Waals surface area contributed by atoms with Gasteiger partial charge >= 0.3 is 0 Å². The van der Waals surface area contributed by atoms with Gasteiger partial charge in [-0.3, -0.25) is 9.69 Å². The largest absolute Gasteiger partial charge is 0.353 e. The fourth-order valence-electron chi connectivity index (χ4n) is 2.33. The van der Waals surface area contributed by atoms with Crippen molar-refractivity contribution in [3.63, 3.8) is 0 Å². The van der Waals surface area contributed by atoms with Crippen molar-refractivity contribution in [1.29, 1.82) is 0 Å². The Morgan fingerprint density at radius 2 is 1.92 bits per heavy atom. The molecule has 0 aliphatic carbocycles. The molecular weight excluding hydrogens is 395 g/mol. The van der Waals surface area contributed by atoms with Gasteiger partial charge < -0.3 is 5.32 Å². The summed E-state index contributed by atoms with van der Waals surface area (Å²) in [5.41, 5.74) is 3.23. The third kappa shape index (κ3) is 3.70. The fraction of sp³-hybridized carbons (Fsp3) is 0.111. The Hall–Kier alpha value is -1.53. The van der Waals surface area contributed by atoms with Gasteiger partial charge in [0.1, 0.15) is 4.32 Å². The third-order valence-corrected chi connectivity index (χ3v) is 6.06. The van der Waals surface area contributed by atoms with Gasteiger partial charge in [0, 0.05) is 12.7 Å². The summed E-state index contributed by atoms with van der Waals surface area (Å²) in [6, 6.07) is 11.3. The summed E-state index contributed by atoms with van der Waals surface area (Å²) in [7, 11) is 1.68. The van der Waals surface area contributed by atoms with Crippen LogP contribution in [0.25, 0.3) is 6.08 Å². The number of carbonyl (C=O) groups is 1. The number of hydrogen-bond acceptors (Lipinski definition) is 4. The fourth-order valence-corrected chi connectivity index (χ4v) is 3.96. The van der Waals surface area contributed by atoms with E-state index in [2.05, 4.69) is 5.32 Å². The Balaban J connectivity index is 2.00. The molecule has 0 saturated carbocycles. The van der Waals surface area contributed by atoms with Crippen molar-refractivity contribution in [2.75, 3.05) is 12.4 Å². The number of benzene rings is 2. The third-order valence-electron chi connectivity index (χ3n) is 3.78. The molecule has 0 spiro atoms. The maximum Gasteiger partial charge on any atom is 0.265 e. The first-order chi connectivity index (χ1) is 11.9. The minimum Gasteiger partial charge on any atom is -0.353 e. The molecule has 25 heavy (non-hydrogen) atoms. The summed E-state index contributed by atoms with van der Waals surface area (Å²) >= 11 is 19.1. The topological polar surface area (TPSA) is 32.3 Å². The molecule has 2 aromatic rings. The second-order valence-electron chi connectivity index (χ2n) is 5.51. The predicted octanol–water partition coefficient (Wildman–Crippen LogP) is 5.88. The van der Waals surface area contributed by atoms with Crippen LogP contribution in [0.2, 0.25) is 10.0 Å². The van der Waals surface area contributed by atoms with Crippen LogP contribution < -0.4 is 5.32 Å². The molecule has 1 saturated heterocycles. The molecule has 1 N–H and O–H groups in total. The van der Waals surface area contributed by atoms with E-state index >= 15 is 0 Å². The Morgan fingerprint density at radius 3 is 2.60 bits per heavy atom. The van der Waals surface area contributed by atoms with Gasteiger partial charge in [0.05, 0.1) is 20.6 Å². The van der Waals surface area contributed by atoms with Crippen LogP contribution in [-0.4, -0.2) is 22.2 Å². The van der Waals surface area contributed by atoms with Crippen molar-refractivity contribution in [2.45, 2.75) is 6.92 Å². The zero-order valence-electron chi connectivity index (χ0n) is 13.5. The number of amides is 1. The van der Waals surface area contributed by atoms with Crippen LogP contribution in [0.15, 0.2) is 41.3 Å². The van der Waals surface area contributed by atoms with Crippen molar-refractivity contribution in [3.8, 4) is 0 Å². The normalized spacial score (nSPS) is 16.0. The lowest BCUT2D eigenvalue weighted by Crippen LogP contribution is -2.22. The first kappa shape index (κ1) is 18.3. The number of para-hydroxylation sites is 1. The summed E-state index contributed by atoms with van der Waals surface area (Å²) in [6.07, 6.45) is 1.82. The van der Waals surface area contributed by atoms with Gasteiger partial charge in [-0.15, -0.1) is 0 Å². The zero-order valence-corrected chi connectivity index (χ0v) is 16.6. The highest BCUT2D eigenvalue weighted by atomic mass is 35.5. The van der Waals surface area contributed by atoms with Crippen molar-refractivity contribution in [3.05, 3.63) is 62.5 Å². The lowest BCUT2D eigenvalue weighted by molar-refractivity contribution is -0.121.